The number of hydrogen-bond donors (Lipinski definition) is 0. The van der Waals surface area contributed by atoms with Crippen molar-refractivity contribution in [1.29, 1.82) is 0 Å². The Morgan fingerprint density at radius 3 is 2.38 bits per heavy atom. The molecule has 136 valence electrons. The topological polar surface area (TPSA) is 63.9 Å². The fraction of sp³-hybridized carbons (Fsp3) is 0.600. The smallest absolute Gasteiger partial charge is 0.267 e. The maximum atomic E-state index is 12.3. The molecule has 6 heteroatoms. The molecule has 1 fully saturated rings. The molecule has 0 saturated carbocycles. The molecular weight excluding hydrogens is 326 g/mol. The van der Waals surface area contributed by atoms with Crippen LogP contribution >= 0.6 is 0 Å². The molecule has 2 aliphatic carbocycles. The second kappa shape index (κ2) is 6.49. The minimum Gasteiger partial charge on any atom is -0.354 e. The Morgan fingerprint density at radius 2 is 1.58 bits per heavy atom. The number of hydrogen-bond acceptors (Lipinski definition) is 5. The first-order chi connectivity index (χ1) is 12.8. The molecule has 0 spiro atoms. The monoisotopic (exact) mass is 351 g/mol. The summed E-state index contributed by atoms with van der Waals surface area (Å²) in [6.45, 7) is 2.57. The van der Waals surface area contributed by atoms with E-state index < -0.39 is 0 Å². The van der Waals surface area contributed by atoms with Gasteiger partial charge in [-0.15, -0.1) is 5.10 Å². The maximum Gasteiger partial charge on any atom is 0.267 e. The fourth-order valence-electron chi connectivity index (χ4n) is 4.48. The van der Waals surface area contributed by atoms with Crippen molar-refractivity contribution in [2.45, 2.75) is 57.9 Å². The van der Waals surface area contributed by atoms with E-state index in [1.165, 1.54) is 36.9 Å². The van der Waals surface area contributed by atoms with Crippen LogP contribution in [0.15, 0.2) is 16.9 Å². The van der Waals surface area contributed by atoms with E-state index in [9.17, 15) is 4.79 Å². The lowest BCUT2D eigenvalue weighted by Crippen LogP contribution is -2.50. The first-order valence-electron chi connectivity index (χ1n) is 9.96. The first kappa shape index (κ1) is 16.0. The van der Waals surface area contributed by atoms with Crippen molar-refractivity contribution >= 4 is 5.82 Å². The van der Waals surface area contributed by atoms with Gasteiger partial charge in [0.05, 0.1) is 17.9 Å². The average molecular weight is 351 g/mol. The van der Waals surface area contributed by atoms with Crippen molar-refractivity contribution < 1.29 is 0 Å². The second-order valence-corrected chi connectivity index (χ2v) is 8.00. The summed E-state index contributed by atoms with van der Waals surface area (Å²) in [5.74, 6) is 1.45. The molecule has 3 aliphatic rings. The van der Waals surface area contributed by atoms with Gasteiger partial charge in [-0.05, 0) is 68.6 Å². The molecule has 0 aromatic carbocycles. The largest absolute Gasteiger partial charge is 0.354 e. The molecule has 5 rings (SSSR count). The lowest BCUT2D eigenvalue weighted by Gasteiger charge is -2.40. The number of fused-ring (bicyclic) bond motifs is 2. The lowest BCUT2D eigenvalue weighted by molar-refractivity contribution is 0.329. The van der Waals surface area contributed by atoms with Gasteiger partial charge >= 0.3 is 0 Å². The fourth-order valence-corrected chi connectivity index (χ4v) is 4.48. The highest BCUT2D eigenvalue weighted by Gasteiger charge is 2.30. The molecule has 26 heavy (non-hydrogen) atoms. The van der Waals surface area contributed by atoms with Gasteiger partial charge in [-0.2, -0.15) is 10.2 Å². The molecule has 3 heterocycles. The number of aryl methyl sites for hydroxylation is 4. The minimum absolute atomic E-state index is 0.0534. The average Bonchev–Trinajstić information content (AvgIpc) is 2.64. The van der Waals surface area contributed by atoms with Gasteiger partial charge in [-0.3, -0.25) is 4.79 Å². The zero-order valence-corrected chi connectivity index (χ0v) is 15.2. The van der Waals surface area contributed by atoms with E-state index in [1.807, 2.05) is 6.07 Å². The molecule has 0 atom stereocenters. The molecule has 2 aromatic rings. The van der Waals surface area contributed by atoms with Crippen LogP contribution in [-0.4, -0.2) is 33.1 Å². The summed E-state index contributed by atoms with van der Waals surface area (Å²) in [5, 5.41) is 13.5. The summed E-state index contributed by atoms with van der Waals surface area (Å²) in [6, 6.07) is 4.04. The standard InChI is InChI=1S/C20H25N5O/c26-20-10-16-6-2-4-8-18(16)23-25(20)13-14-11-24(12-14)19-9-15-5-1-3-7-17(15)21-22-19/h9-10,14H,1-8,11-13H2. The minimum atomic E-state index is 0.0534. The predicted octanol–water partition coefficient (Wildman–Crippen LogP) is 1.93. The highest BCUT2D eigenvalue weighted by Crippen LogP contribution is 2.27. The van der Waals surface area contributed by atoms with Gasteiger partial charge < -0.3 is 4.90 Å². The van der Waals surface area contributed by atoms with E-state index in [0.717, 1.165) is 55.8 Å². The van der Waals surface area contributed by atoms with Crippen LogP contribution < -0.4 is 10.5 Å². The third-order valence-electron chi connectivity index (χ3n) is 6.04. The normalized spacial score (nSPS) is 19.6. The van der Waals surface area contributed by atoms with Crippen LogP contribution in [0.3, 0.4) is 0 Å². The molecule has 2 aromatic heterocycles. The molecule has 1 saturated heterocycles. The van der Waals surface area contributed by atoms with Gasteiger partial charge in [0.2, 0.25) is 0 Å². The van der Waals surface area contributed by atoms with Crippen molar-refractivity contribution in [2.24, 2.45) is 5.92 Å². The van der Waals surface area contributed by atoms with Crippen LogP contribution in [0.25, 0.3) is 0 Å². The quantitative estimate of drug-likeness (QED) is 0.845. The van der Waals surface area contributed by atoms with Gasteiger partial charge in [-0.25, -0.2) is 4.68 Å². The Morgan fingerprint density at radius 1 is 0.885 bits per heavy atom. The van der Waals surface area contributed by atoms with E-state index >= 15 is 0 Å². The van der Waals surface area contributed by atoms with Crippen LogP contribution in [0.5, 0.6) is 0 Å². The maximum absolute atomic E-state index is 12.3. The van der Waals surface area contributed by atoms with E-state index in [1.54, 1.807) is 4.68 Å². The number of rotatable bonds is 3. The Balaban J connectivity index is 1.26. The van der Waals surface area contributed by atoms with Crippen molar-refractivity contribution in [3.05, 3.63) is 45.0 Å². The molecule has 1 aliphatic heterocycles. The van der Waals surface area contributed by atoms with E-state index in [0.29, 0.717) is 12.5 Å². The van der Waals surface area contributed by atoms with Gasteiger partial charge in [-0.1, -0.05) is 0 Å². The number of anilines is 1. The van der Waals surface area contributed by atoms with Gasteiger partial charge in [0, 0.05) is 25.1 Å². The summed E-state index contributed by atoms with van der Waals surface area (Å²) in [7, 11) is 0. The summed E-state index contributed by atoms with van der Waals surface area (Å²) < 4.78 is 1.69. The van der Waals surface area contributed by atoms with Crippen molar-refractivity contribution in [3.63, 3.8) is 0 Å². The van der Waals surface area contributed by atoms with Crippen LogP contribution in [0.1, 0.15) is 48.2 Å². The highest BCUT2D eigenvalue weighted by molar-refractivity contribution is 5.44. The molecule has 0 unspecified atom stereocenters. The SMILES string of the molecule is O=c1cc2c(nn1CC1CN(c3cc4c(nn3)CCCC4)C1)CCCC2. The molecule has 0 radical (unpaired) electrons. The van der Waals surface area contributed by atoms with Crippen molar-refractivity contribution in [2.75, 3.05) is 18.0 Å². The molecule has 6 nitrogen and oxygen atoms in total. The van der Waals surface area contributed by atoms with Crippen LogP contribution in [0.4, 0.5) is 5.82 Å². The molecule has 0 bridgehead atoms. The highest BCUT2D eigenvalue weighted by atomic mass is 16.1. The molecule has 0 amide bonds. The molecular formula is C20H25N5O. The predicted molar refractivity (Wildman–Crippen MR) is 99.5 cm³/mol. The van der Waals surface area contributed by atoms with Crippen LogP contribution in [0.2, 0.25) is 0 Å². The lowest BCUT2D eigenvalue weighted by atomic mass is 9.95. The summed E-state index contributed by atoms with van der Waals surface area (Å²) in [5.41, 5.74) is 4.90. The van der Waals surface area contributed by atoms with E-state index in [2.05, 4.69) is 26.3 Å². The van der Waals surface area contributed by atoms with Crippen LogP contribution in [0, 0.1) is 5.92 Å². The van der Waals surface area contributed by atoms with Crippen molar-refractivity contribution in [1.82, 2.24) is 20.0 Å². The van der Waals surface area contributed by atoms with Crippen molar-refractivity contribution in [3.8, 4) is 0 Å². The zero-order valence-electron chi connectivity index (χ0n) is 15.2. The van der Waals surface area contributed by atoms with Crippen LogP contribution in [-0.2, 0) is 32.2 Å². The Hall–Kier alpha value is -2.24. The number of nitrogens with zero attached hydrogens (tertiary/aromatic N) is 5. The number of aromatic nitrogens is 4. The van der Waals surface area contributed by atoms with E-state index in [-0.39, 0.29) is 5.56 Å². The van der Waals surface area contributed by atoms with Gasteiger partial charge in [0.1, 0.15) is 0 Å². The second-order valence-electron chi connectivity index (χ2n) is 8.00. The Kier molecular flexibility index (Phi) is 3.98. The summed E-state index contributed by atoms with van der Waals surface area (Å²) in [4.78, 5) is 14.6. The Bertz CT molecular complexity index is 884. The van der Waals surface area contributed by atoms with Gasteiger partial charge in [0.25, 0.3) is 5.56 Å². The molecule has 0 N–H and O–H groups in total. The third kappa shape index (κ3) is 2.91. The summed E-state index contributed by atoms with van der Waals surface area (Å²) >= 11 is 0. The Labute approximate surface area is 153 Å². The zero-order chi connectivity index (χ0) is 17.5. The third-order valence-corrected chi connectivity index (χ3v) is 6.04. The first-order valence-corrected chi connectivity index (χ1v) is 9.96. The summed E-state index contributed by atoms with van der Waals surface area (Å²) in [6.07, 6.45) is 9.07. The van der Waals surface area contributed by atoms with E-state index in [4.69, 9.17) is 0 Å². The van der Waals surface area contributed by atoms with Gasteiger partial charge in [0.15, 0.2) is 5.82 Å².